The first-order valence-electron chi connectivity index (χ1n) is 5.84. The van der Waals surface area contributed by atoms with Gasteiger partial charge in [-0.25, -0.2) is 0 Å². The number of methoxy groups -OCH3 is 1. The molecule has 2 rings (SSSR count). The fraction of sp³-hybridized carbons (Fsp3) is 0.231. The molecule has 1 aromatic heterocycles. The fourth-order valence-corrected chi connectivity index (χ4v) is 2.20. The van der Waals surface area contributed by atoms with Crippen LogP contribution >= 0.6 is 15.9 Å². The van der Waals surface area contributed by atoms with Gasteiger partial charge in [0.15, 0.2) is 0 Å². The number of nitrogens with two attached hydrogens (primary N) is 1. The molecule has 0 spiro atoms. The van der Waals surface area contributed by atoms with E-state index in [1.165, 1.54) is 10.9 Å². The molecule has 0 bridgehead atoms. The molecule has 0 saturated heterocycles. The number of nitrogen functional groups attached to an aromatic ring is 1. The SMILES string of the molecule is COc1ccc(COC(=O)Cn2cc(N)cn2)cc1Br. The van der Waals surface area contributed by atoms with Crippen LogP contribution in [0.3, 0.4) is 0 Å². The smallest absolute Gasteiger partial charge is 0.328 e. The molecule has 0 amide bonds. The van der Waals surface area contributed by atoms with Gasteiger partial charge in [0.1, 0.15) is 18.9 Å². The Morgan fingerprint density at radius 3 is 2.90 bits per heavy atom. The van der Waals surface area contributed by atoms with Gasteiger partial charge in [-0.2, -0.15) is 5.10 Å². The standard InChI is InChI=1S/C13H14BrN3O3/c1-19-12-3-2-9(4-11(12)14)8-20-13(18)7-17-6-10(15)5-16-17/h2-6H,7-8,15H2,1H3. The zero-order valence-electron chi connectivity index (χ0n) is 10.9. The van der Waals surface area contributed by atoms with Crippen molar-refractivity contribution in [1.82, 2.24) is 9.78 Å². The average Bonchev–Trinajstić information content (AvgIpc) is 2.82. The maximum atomic E-state index is 11.6. The van der Waals surface area contributed by atoms with E-state index in [1.807, 2.05) is 12.1 Å². The number of hydrogen-bond donors (Lipinski definition) is 1. The Morgan fingerprint density at radius 1 is 1.50 bits per heavy atom. The number of esters is 1. The van der Waals surface area contributed by atoms with Gasteiger partial charge >= 0.3 is 5.97 Å². The number of rotatable bonds is 5. The second kappa shape index (κ2) is 6.42. The molecule has 0 aliphatic carbocycles. The van der Waals surface area contributed by atoms with Crippen molar-refractivity contribution in [3.05, 3.63) is 40.6 Å². The summed E-state index contributed by atoms with van der Waals surface area (Å²) in [6, 6.07) is 5.49. The minimum Gasteiger partial charge on any atom is -0.496 e. The van der Waals surface area contributed by atoms with Crippen LogP contribution < -0.4 is 10.5 Å². The molecule has 0 fully saturated rings. The van der Waals surface area contributed by atoms with E-state index in [1.54, 1.807) is 19.4 Å². The van der Waals surface area contributed by atoms with Crippen LogP contribution in [0.4, 0.5) is 5.69 Å². The van der Waals surface area contributed by atoms with Gasteiger partial charge in [-0.3, -0.25) is 9.48 Å². The summed E-state index contributed by atoms with van der Waals surface area (Å²) in [5.41, 5.74) is 6.89. The number of halogens is 1. The van der Waals surface area contributed by atoms with Crippen molar-refractivity contribution in [2.45, 2.75) is 13.2 Å². The van der Waals surface area contributed by atoms with E-state index in [-0.39, 0.29) is 19.1 Å². The molecule has 2 aromatic rings. The minimum atomic E-state index is -0.375. The highest BCUT2D eigenvalue weighted by Crippen LogP contribution is 2.25. The molecule has 0 atom stereocenters. The summed E-state index contributed by atoms with van der Waals surface area (Å²) in [6.07, 6.45) is 3.05. The number of benzene rings is 1. The van der Waals surface area contributed by atoms with E-state index >= 15 is 0 Å². The van der Waals surface area contributed by atoms with Crippen molar-refractivity contribution in [3.63, 3.8) is 0 Å². The molecule has 20 heavy (non-hydrogen) atoms. The van der Waals surface area contributed by atoms with E-state index in [0.29, 0.717) is 5.69 Å². The number of hydrogen-bond acceptors (Lipinski definition) is 5. The highest BCUT2D eigenvalue weighted by atomic mass is 79.9. The Labute approximate surface area is 124 Å². The monoisotopic (exact) mass is 339 g/mol. The van der Waals surface area contributed by atoms with Crippen LogP contribution in [0.15, 0.2) is 35.1 Å². The summed E-state index contributed by atoms with van der Waals surface area (Å²) in [5.74, 6) is 0.354. The normalized spacial score (nSPS) is 10.3. The van der Waals surface area contributed by atoms with Crippen LogP contribution in [-0.2, 0) is 22.7 Å². The number of ether oxygens (including phenoxy) is 2. The first kappa shape index (κ1) is 14.4. The van der Waals surface area contributed by atoms with Gasteiger partial charge in [0.25, 0.3) is 0 Å². The quantitative estimate of drug-likeness (QED) is 0.842. The summed E-state index contributed by atoms with van der Waals surface area (Å²) in [4.78, 5) is 11.6. The topological polar surface area (TPSA) is 79.4 Å². The lowest BCUT2D eigenvalue weighted by molar-refractivity contribution is -0.145. The lowest BCUT2D eigenvalue weighted by Crippen LogP contribution is -2.13. The van der Waals surface area contributed by atoms with E-state index in [9.17, 15) is 4.79 Å². The first-order chi connectivity index (χ1) is 9.58. The zero-order valence-corrected chi connectivity index (χ0v) is 12.5. The predicted octanol–water partition coefficient (Wildman–Crippen LogP) is 1.98. The van der Waals surface area contributed by atoms with E-state index in [2.05, 4.69) is 21.0 Å². The van der Waals surface area contributed by atoms with Gasteiger partial charge in [0.05, 0.1) is 23.5 Å². The van der Waals surface area contributed by atoms with Crippen LogP contribution in [0.2, 0.25) is 0 Å². The third-order valence-electron chi connectivity index (χ3n) is 2.56. The number of anilines is 1. The van der Waals surface area contributed by atoms with Gasteiger partial charge < -0.3 is 15.2 Å². The van der Waals surface area contributed by atoms with Gasteiger partial charge in [-0.1, -0.05) is 6.07 Å². The van der Waals surface area contributed by atoms with Crippen LogP contribution in [0, 0.1) is 0 Å². The molecule has 0 aliphatic heterocycles. The second-order valence-corrected chi connectivity index (χ2v) is 4.96. The Kier molecular flexibility index (Phi) is 4.62. The highest BCUT2D eigenvalue weighted by molar-refractivity contribution is 9.10. The largest absolute Gasteiger partial charge is 0.496 e. The van der Waals surface area contributed by atoms with Crippen molar-refractivity contribution in [3.8, 4) is 5.75 Å². The van der Waals surface area contributed by atoms with Crippen LogP contribution in [0.25, 0.3) is 0 Å². The predicted molar refractivity (Wildman–Crippen MR) is 77.1 cm³/mol. The summed E-state index contributed by atoms with van der Waals surface area (Å²) in [7, 11) is 1.59. The molecule has 0 radical (unpaired) electrons. The van der Waals surface area contributed by atoms with Gasteiger partial charge in [0.2, 0.25) is 0 Å². The Morgan fingerprint density at radius 2 is 2.30 bits per heavy atom. The molecule has 1 aromatic carbocycles. The Bertz CT molecular complexity index is 613. The van der Waals surface area contributed by atoms with Gasteiger partial charge in [-0.05, 0) is 33.6 Å². The summed E-state index contributed by atoms with van der Waals surface area (Å²) in [5, 5.41) is 3.91. The molecule has 7 heteroatoms. The maximum Gasteiger partial charge on any atom is 0.328 e. The summed E-state index contributed by atoms with van der Waals surface area (Å²) < 4.78 is 12.5. The number of carbonyl (C=O) groups excluding carboxylic acids is 1. The van der Waals surface area contributed by atoms with Crippen molar-refractivity contribution in [2.75, 3.05) is 12.8 Å². The van der Waals surface area contributed by atoms with Crippen LogP contribution in [0.5, 0.6) is 5.75 Å². The molecule has 0 unspecified atom stereocenters. The molecule has 1 heterocycles. The number of carbonyl (C=O) groups is 1. The molecule has 0 aliphatic rings. The molecular weight excluding hydrogens is 326 g/mol. The lowest BCUT2D eigenvalue weighted by Gasteiger charge is -2.07. The lowest BCUT2D eigenvalue weighted by atomic mass is 10.2. The first-order valence-corrected chi connectivity index (χ1v) is 6.64. The average molecular weight is 340 g/mol. The molecule has 6 nitrogen and oxygen atoms in total. The van der Waals surface area contributed by atoms with Gasteiger partial charge in [0, 0.05) is 6.20 Å². The van der Waals surface area contributed by atoms with Crippen molar-refractivity contribution < 1.29 is 14.3 Å². The maximum absolute atomic E-state index is 11.6. The van der Waals surface area contributed by atoms with Gasteiger partial charge in [-0.15, -0.1) is 0 Å². The van der Waals surface area contributed by atoms with Crippen molar-refractivity contribution in [2.24, 2.45) is 0 Å². The molecule has 2 N–H and O–H groups in total. The van der Waals surface area contributed by atoms with E-state index < -0.39 is 0 Å². The molecule has 0 saturated carbocycles. The number of aromatic nitrogens is 2. The minimum absolute atomic E-state index is 0.0362. The Balaban J connectivity index is 1.88. The molecule has 106 valence electrons. The number of nitrogens with zero attached hydrogens (tertiary/aromatic N) is 2. The van der Waals surface area contributed by atoms with Crippen LogP contribution in [0.1, 0.15) is 5.56 Å². The van der Waals surface area contributed by atoms with Crippen LogP contribution in [-0.4, -0.2) is 22.9 Å². The summed E-state index contributed by atoms with van der Waals surface area (Å²) >= 11 is 3.38. The summed E-state index contributed by atoms with van der Waals surface area (Å²) in [6.45, 7) is 0.229. The van der Waals surface area contributed by atoms with E-state index in [4.69, 9.17) is 15.2 Å². The Hall–Kier alpha value is -2.02. The molecular formula is C13H14BrN3O3. The third-order valence-corrected chi connectivity index (χ3v) is 3.18. The van der Waals surface area contributed by atoms with Crippen molar-refractivity contribution >= 4 is 27.6 Å². The highest BCUT2D eigenvalue weighted by Gasteiger charge is 2.07. The fourth-order valence-electron chi connectivity index (χ4n) is 1.61. The third kappa shape index (κ3) is 3.74. The van der Waals surface area contributed by atoms with E-state index in [0.717, 1.165) is 15.8 Å². The van der Waals surface area contributed by atoms with Crippen molar-refractivity contribution in [1.29, 1.82) is 0 Å². The zero-order chi connectivity index (χ0) is 14.5. The second-order valence-electron chi connectivity index (χ2n) is 4.10.